The second kappa shape index (κ2) is 5.18. The molecule has 122 valence electrons. The van der Waals surface area contributed by atoms with Crippen LogP contribution in [-0.4, -0.2) is 24.9 Å². The summed E-state index contributed by atoms with van der Waals surface area (Å²) in [5.41, 5.74) is 2.91. The highest BCUT2D eigenvalue weighted by Crippen LogP contribution is 2.38. The van der Waals surface area contributed by atoms with E-state index >= 15 is 0 Å². The molecule has 0 radical (unpaired) electrons. The first-order chi connectivity index (χ1) is 12.3. The Morgan fingerprint density at radius 2 is 1.44 bits per heavy atom. The first-order valence-electron chi connectivity index (χ1n) is 8.50. The fourth-order valence-electron chi connectivity index (χ4n) is 3.73. The molecule has 0 N–H and O–H groups in total. The highest BCUT2D eigenvalue weighted by atomic mass is 16.2. The smallest absolute Gasteiger partial charge is 0.265 e. The number of hydrogen-bond donors (Lipinski definition) is 0. The summed E-state index contributed by atoms with van der Waals surface area (Å²) in [6.45, 7) is 2.05. The van der Waals surface area contributed by atoms with E-state index in [-0.39, 0.29) is 11.8 Å². The zero-order valence-corrected chi connectivity index (χ0v) is 13.6. The van der Waals surface area contributed by atoms with E-state index in [4.69, 9.17) is 0 Å². The van der Waals surface area contributed by atoms with Crippen LogP contribution in [0.1, 0.15) is 27.1 Å². The van der Waals surface area contributed by atoms with Gasteiger partial charge < -0.3 is 4.90 Å². The molecule has 1 saturated heterocycles. The van der Waals surface area contributed by atoms with Crippen LogP contribution < -0.4 is 9.80 Å². The molecule has 5 rings (SSSR count). The Kier molecular flexibility index (Phi) is 2.95. The first kappa shape index (κ1) is 14.2. The minimum Gasteiger partial charge on any atom is -0.371 e. The van der Waals surface area contributed by atoms with E-state index in [1.165, 1.54) is 11.3 Å². The molecule has 3 aromatic carbocycles. The average Bonchev–Trinajstić information content (AvgIpc) is 2.60. The van der Waals surface area contributed by atoms with Crippen molar-refractivity contribution in [2.24, 2.45) is 0 Å². The van der Waals surface area contributed by atoms with E-state index < -0.39 is 0 Å². The minimum absolute atomic E-state index is 0.255. The predicted octanol–water partition coefficient (Wildman–Crippen LogP) is 3.85. The topological polar surface area (TPSA) is 40.6 Å². The van der Waals surface area contributed by atoms with Gasteiger partial charge in [0.25, 0.3) is 11.8 Å². The summed E-state index contributed by atoms with van der Waals surface area (Å²) in [4.78, 5) is 29.7. The van der Waals surface area contributed by atoms with Crippen LogP contribution in [0.4, 0.5) is 11.4 Å². The summed E-state index contributed by atoms with van der Waals surface area (Å²) < 4.78 is 0. The van der Waals surface area contributed by atoms with E-state index in [2.05, 4.69) is 4.90 Å². The lowest BCUT2D eigenvalue weighted by Crippen LogP contribution is -2.41. The highest BCUT2D eigenvalue weighted by Gasteiger charge is 2.34. The monoisotopic (exact) mass is 328 g/mol. The van der Waals surface area contributed by atoms with Gasteiger partial charge in [-0.2, -0.15) is 0 Å². The van der Waals surface area contributed by atoms with Crippen LogP contribution in [0, 0.1) is 0 Å². The van der Waals surface area contributed by atoms with Crippen LogP contribution in [-0.2, 0) is 0 Å². The standard InChI is InChI=1S/C21H16N2O2/c24-20-16-9-4-8-15-18(22-12-5-13-22)11-10-17(19(15)16)21(25)23(20)14-6-2-1-3-7-14/h1-4,6-11H,5,12-13H2. The number of para-hydroxylation sites is 1. The number of amides is 2. The highest BCUT2D eigenvalue weighted by molar-refractivity contribution is 6.36. The van der Waals surface area contributed by atoms with Crippen molar-refractivity contribution in [2.45, 2.75) is 6.42 Å². The van der Waals surface area contributed by atoms with Crippen molar-refractivity contribution in [2.75, 3.05) is 22.9 Å². The molecular formula is C21H16N2O2. The largest absolute Gasteiger partial charge is 0.371 e. The molecule has 2 amide bonds. The van der Waals surface area contributed by atoms with Gasteiger partial charge in [-0.15, -0.1) is 0 Å². The van der Waals surface area contributed by atoms with Crippen molar-refractivity contribution in [1.82, 2.24) is 0 Å². The van der Waals surface area contributed by atoms with Gasteiger partial charge in [-0.3, -0.25) is 9.59 Å². The van der Waals surface area contributed by atoms with Crippen LogP contribution in [0.25, 0.3) is 10.8 Å². The van der Waals surface area contributed by atoms with Gasteiger partial charge in [0.15, 0.2) is 0 Å². The van der Waals surface area contributed by atoms with Crippen molar-refractivity contribution < 1.29 is 9.59 Å². The van der Waals surface area contributed by atoms with Crippen LogP contribution in [0.15, 0.2) is 60.7 Å². The molecule has 0 saturated carbocycles. The second-order valence-corrected chi connectivity index (χ2v) is 6.48. The van der Waals surface area contributed by atoms with Gasteiger partial charge in [0.05, 0.1) is 5.69 Å². The van der Waals surface area contributed by atoms with Gasteiger partial charge in [0.2, 0.25) is 0 Å². The second-order valence-electron chi connectivity index (χ2n) is 6.48. The third-order valence-electron chi connectivity index (χ3n) is 5.10. The maximum atomic E-state index is 13.1. The van der Waals surface area contributed by atoms with Crippen molar-refractivity contribution in [1.29, 1.82) is 0 Å². The Hall–Kier alpha value is -3.14. The lowest BCUT2D eigenvalue weighted by atomic mass is 9.92. The molecule has 0 spiro atoms. The van der Waals surface area contributed by atoms with E-state index in [0.717, 1.165) is 29.5 Å². The zero-order chi connectivity index (χ0) is 17.0. The zero-order valence-electron chi connectivity index (χ0n) is 13.6. The average molecular weight is 328 g/mol. The van der Waals surface area contributed by atoms with Gasteiger partial charge in [-0.1, -0.05) is 30.3 Å². The van der Waals surface area contributed by atoms with Crippen molar-refractivity contribution in [3.63, 3.8) is 0 Å². The number of rotatable bonds is 2. The van der Waals surface area contributed by atoms with Gasteiger partial charge in [0.1, 0.15) is 0 Å². The van der Waals surface area contributed by atoms with Crippen LogP contribution in [0.5, 0.6) is 0 Å². The maximum Gasteiger partial charge on any atom is 0.265 e. The number of anilines is 2. The van der Waals surface area contributed by atoms with E-state index in [1.807, 2.05) is 48.5 Å². The Balaban J connectivity index is 1.75. The fourth-order valence-corrected chi connectivity index (χ4v) is 3.73. The predicted molar refractivity (Wildman–Crippen MR) is 98.4 cm³/mol. The quantitative estimate of drug-likeness (QED) is 0.671. The molecule has 2 aliphatic rings. The summed E-state index contributed by atoms with van der Waals surface area (Å²) in [6.07, 6.45) is 1.18. The Bertz CT molecular complexity index is 1000. The summed E-state index contributed by atoms with van der Waals surface area (Å²) in [5, 5.41) is 1.78. The molecule has 4 nitrogen and oxygen atoms in total. The molecule has 4 heteroatoms. The molecule has 0 aromatic heterocycles. The molecule has 2 heterocycles. The minimum atomic E-state index is -0.255. The Labute approximate surface area is 145 Å². The Morgan fingerprint density at radius 1 is 0.720 bits per heavy atom. The summed E-state index contributed by atoms with van der Waals surface area (Å²) in [7, 11) is 0. The third kappa shape index (κ3) is 1.94. The molecule has 0 bridgehead atoms. The van der Waals surface area contributed by atoms with Gasteiger partial charge >= 0.3 is 0 Å². The first-order valence-corrected chi connectivity index (χ1v) is 8.50. The summed E-state index contributed by atoms with van der Waals surface area (Å²) in [6, 6.07) is 18.7. The van der Waals surface area contributed by atoms with Gasteiger partial charge in [0, 0.05) is 40.7 Å². The third-order valence-corrected chi connectivity index (χ3v) is 5.10. The van der Waals surface area contributed by atoms with E-state index in [1.54, 1.807) is 12.1 Å². The molecule has 1 fully saturated rings. The molecule has 3 aromatic rings. The van der Waals surface area contributed by atoms with Crippen LogP contribution in [0.3, 0.4) is 0 Å². The van der Waals surface area contributed by atoms with Crippen LogP contribution >= 0.6 is 0 Å². The summed E-state index contributed by atoms with van der Waals surface area (Å²) >= 11 is 0. The number of imide groups is 1. The number of nitrogens with zero attached hydrogens (tertiary/aromatic N) is 2. The molecular weight excluding hydrogens is 312 g/mol. The summed E-state index contributed by atoms with van der Waals surface area (Å²) in [5.74, 6) is -0.509. The SMILES string of the molecule is O=C1c2cccc3c(N4CCC4)ccc(c23)C(=O)N1c1ccccc1. The lowest BCUT2D eigenvalue weighted by Gasteiger charge is -2.35. The molecule has 0 aliphatic carbocycles. The fraction of sp³-hybridized carbons (Fsp3) is 0.143. The maximum absolute atomic E-state index is 13.1. The lowest BCUT2D eigenvalue weighted by molar-refractivity contribution is 0.0893. The number of carbonyl (C=O) groups excluding carboxylic acids is 2. The van der Waals surface area contributed by atoms with Crippen LogP contribution in [0.2, 0.25) is 0 Å². The van der Waals surface area contributed by atoms with Crippen molar-refractivity contribution in [3.8, 4) is 0 Å². The van der Waals surface area contributed by atoms with E-state index in [9.17, 15) is 9.59 Å². The molecule has 2 aliphatic heterocycles. The van der Waals surface area contributed by atoms with Crippen molar-refractivity contribution in [3.05, 3.63) is 71.8 Å². The molecule has 25 heavy (non-hydrogen) atoms. The number of carbonyl (C=O) groups is 2. The number of hydrogen-bond acceptors (Lipinski definition) is 3. The Morgan fingerprint density at radius 3 is 2.12 bits per heavy atom. The normalized spacial score (nSPS) is 16.3. The number of benzene rings is 3. The molecule has 0 unspecified atom stereocenters. The van der Waals surface area contributed by atoms with E-state index in [0.29, 0.717) is 16.8 Å². The van der Waals surface area contributed by atoms with Gasteiger partial charge in [-0.25, -0.2) is 4.90 Å². The molecule has 0 atom stereocenters. The van der Waals surface area contributed by atoms with Gasteiger partial charge in [-0.05, 0) is 36.8 Å². The van der Waals surface area contributed by atoms with Crippen molar-refractivity contribution >= 4 is 34.0 Å².